The molecule has 94 valence electrons. The predicted octanol–water partition coefficient (Wildman–Crippen LogP) is 3.77. The van der Waals surface area contributed by atoms with Gasteiger partial charge in [-0.25, -0.2) is 0 Å². The van der Waals surface area contributed by atoms with E-state index in [0.29, 0.717) is 5.75 Å². The summed E-state index contributed by atoms with van der Waals surface area (Å²) in [7, 11) is -0.953. The third-order valence-corrected chi connectivity index (χ3v) is 4.84. The van der Waals surface area contributed by atoms with Crippen molar-refractivity contribution in [2.75, 3.05) is 5.75 Å². The summed E-state index contributed by atoms with van der Waals surface area (Å²) in [6.07, 6.45) is 0. The molecule has 1 nitrogen and oxygen atoms in total. The fourth-order valence-electron chi connectivity index (χ4n) is 1.96. The van der Waals surface area contributed by atoms with Crippen LogP contribution in [0.2, 0.25) is 0 Å². The van der Waals surface area contributed by atoms with Crippen LogP contribution >= 0.6 is 0 Å². The zero-order chi connectivity index (χ0) is 13.0. The van der Waals surface area contributed by atoms with E-state index in [0.717, 1.165) is 4.90 Å². The second-order valence-electron chi connectivity index (χ2n) is 5.05. The van der Waals surface area contributed by atoms with Crippen molar-refractivity contribution in [2.45, 2.75) is 24.2 Å². The summed E-state index contributed by atoms with van der Waals surface area (Å²) in [6.45, 7) is 4.28. The number of rotatable bonds is 4. The molecule has 0 heterocycles. The van der Waals surface area contributed by atoms with Gasteiger partial charge in [-0.2, -0.15) is 0 Å². The van der Waals surface area contributed by atoms with Crippen molar-refractivity contribution in [1.29, 1.82) is 0 Å². The normalized spacial score (nSPS) is 13.2. The Hall–Kier alpha value is -1.41. The Balaban J connectivity index is 2.17. The Morgan fingerprint density at radius 1 is 0.889 bits per heavy atom. The monoisotopic (exact) mass is 258 g/mol. The zero-order valence-corrected chi connectivity index (χ0v) is 11.6. The first-order chi connectivity index (χ1) is 8.59. The fraction of sp³-hybridized carbons (Fsp3) is 0.250. The molecular weight excluding hydrogens is 240 g/mol. The minimum Gasteiger partial charge on any atom is -0.254 e. The Morgan fingerprint density at radius 3 is 1.94 bits per heavy atom. The van der Waals surface area contributed by atoms with Gasteiger partial charge in [0.1, 0.15) is 0 Å². The highest BCUT2D eigenvalue weighted by molar-refractivity contribution is 7.85. The van der Waals surface area contributed by atoms with Gasteiger partial charge in [-0.3, -0.25) is 4.21 Å². The average molecular weight is 258 g/mol. The van der Waals surface area contributed by atoms with E-state index in [1.807, 2.05) is 48.5 Å². The maximum Gasteiger partial charge on any atom is 0.0538 e. The molecule has 0 aliphatic heterocycles. The molecule has 0 saturated carbocycles. The van der Waals surface area contributed by atoms with Gasteiger partial charge in [0.05, 0.1) is 10.8 Å². The van der Waals surface area contributed by atoms with E-state index in [9.17, 15) is 4.21 Å². The lowest BCUT2D eigenvalue weighted by atomic mass is 9.87. The molecule has 0 bridgehead atoms. The first kappa shape index (κ1) is 13.0. The van der Waals surface area contributed by atoms with E-state index in [-0.39, 0.29) is 5.41 Å². The van der Waals surface area contributed by atoms with Crippen molar-refractivity contribution in [3.05, 3.63) is 66.2 Å². The molecular formula is C16H18OS. The van der Waals surface area contributed by atoms with Crippen LogP contribution in [-0.2, 0) is 16.2 Å². The van der Waals surface area contributed by atoms with Crippen LogP contribution in [0, 0.1) is 0 Å². The van der Waals surface area contributed by atoms with Crippen LogP contribution in [-0.4, -0.2) is 9.96 Å². The highest BCUT2D eigenvalue weighted by Crippen LogP contribution is 2.25. The van der Waals surface area contributed by atoms with E-state index in [1.54, 1.807) is 0 Å². The lowest BCUT2D eigenvalue weighted by molar-refractivity contribution is 0.586. The van der Waals surface area contributed by atoms with Crippen LogP contribution in [0.4, 0.5) is 0 Å². The number of hydrogen-bond donors (Lipinski definition) is 0. The Bertz CT molecular complexity index is 517. The van der Waals surface area contributed by atoms with Crippen LogP contribution in [0.3, 0.4) is 0 Å². The van der Waals surface area contributed by atoms with Crippen molar-refractivity contribution in [3.8, 4) is 0 Å². The van der Waals surface area contributed by atoms with Crippen LogP contribution in [0.15, 0.2) is 65.6 Å². The molecule has 2 rings (SSSR count). The topological polar surface area (TPSA) is 17.1 Å². The van der Waals surface area contributed by atoms with Gasteiger partial charge in [0.2, 0.25) is 0 Å². The van der Waals surface area contributed by atoms with Crippen molar-refractivity contribution in [2.24, 2.45) is 0 Å². The van der Waals surface area contributed by atoms with E-state index >= 15 is 0 Å². The molecule has 0 radical (unpaired) electrons. The van der Waals surface area contributed by atoms with Crippen molar-refractivity contribution >= 4 is 10.8 Å². The molecule has 18 heavy (non-hydrogen) atoms. The van der Waals surface area contributed by atoms with Gasteiger partial charge in [-0.05, 0) is 17.7 Å². The van der Waals surface area contributed by atoms with Crippen LogP contribution in [0.25, 0.3) is 0 Å². The summed E-state index contributed by atoms with van der Waals surface area (Å²) in [4.78, 5) is 0.904. The summed E-state index contributed by atoms with van der Waals surface area (Å²) >= 11 is 0. The molecule has 0 amide bonds. The molecule has 0 spiro atoms. The fourth-order valence-corrected chi connectivity index (χ4v) is 3.41. The first-order valence-corrected chi connectivity index (χ1v) is 7.40. The third-order valence-electron chi connectivity index (χ3n) is 3.05. The maximum absolute atomic E-state index is 12.3. The Labute approximate surface area is 111 Å². The molecule has 1 unspecified atom stereocenters. The lowest BCUT2D eigenvalue weighted by Crippen LogP contribution is -2.25. The molecule has 2 aromatic rings. The summed E-state index contributed by atoms with van der Waals surface area (Å²) in [5.41, 5.74) is 1.15. The third kappa shape index (κ3) is 3.08. The van der Waals surface area contributed by atoms with Gasteiger partial charge < -0.3 is 0 Å². The molecule has 2 aromatic carbocycles. The van der Waals surface area contributed by atoms with E-state index in [2.05, 4.69) is 26.0 Å². The first-order valence-electron chi connectivity index (χ1n) is 6.08. The standard InChI is InChI=1S/C16H18OS/c1-16(2,14-9-5-3-6-10-14)13-18(17)15-11-7-4-8-12-15/h3-12H,13H2,1-2H3. The SMILES string of the molecule is CC(C)(CS(=O)c1ccccc1)c1ccccc1. The number of hydrogen-bond acceptors (Lipinski definition) is 1. The minimum absolute atomic E-state index is 0.0814. The molecule has 0 aromatic heterocycles. The summed E-state index contributed by atoms with van der Waals surface area (Å²) in [5.74, 6) is 0.640. The number of benzene rings is 2. The van der Waals surface area contributed by atoms with Crippen molar-refractivity contribution in [3.63, 3.8) is 0 Å². The van der Waals surface area contributed by atoms with E-state index < -0.39 is 10.8 Å². The summed E-state index contributed by atoms with van der Waals surface area (Å²) < 4.78 is 12.3. The van der Waals surface area contributed by atoms with Crippen LogP contribution < -0.4 is 0 Å². The van der Waals surface area contributed by atoms with Crippen molar-refractivity contribution in [1.82, 2.24) is 0 Å². The lowest BCUT2D eigenvalue weighted by Gasteiger charge is -2.24. The van der Waals surface area contributed by atoms with E-state index in [4.69, 9.17) is 0 Å². The average Bonchev–Trinajstić information content (AvgIpc) is 2.40. The predicted molar refractivity (Wildman–Crippen MR) is 77.2 cm³/mol. The van der Waals surface area contributed by atoms with Gasteiger partial charge in [0.25, 0.3) is 0 Å². The van der Waals surface area contributed by atoms with Crippen LogP contribution in [0.5, 0.6) is 0 Å². The highest BCUT2D eigenvalue weighted by atomic mass is 32.2. The van der Waals surface area contributed by atoms with Gasteiger partial charge in [0, 0.05) is 16.1 Å². The Kier molecular flexibility index (Phi) is 3.97. The van der Waals surface area contributed by atoms with Gasteiger partial charge in [-0.15, -0.1) is 0 Å². The second-order valence-corrected chi connectivity index (χ2v) is 6.50. The molecule has 0 N–H and O–H groups in total. The van der Waals surface area contributed by atoms with Crippen molar-refractivity contribution < 1.29 is 4.21 Å². The van der Waals surface area contributed by atoms with E-state index in [1.165, 1.54) is 5.56 Å². The zero-order valence-electron chi connectivity index (χ0n) is 10.8. The Morgan fingerprint density at radius 2 is 1.39 bits per heavy atom. The largest absolute Gasteiger partial charge is 0.254 e. The van der Waals surface area contributed by atoms with Crippen LogP contribution in [0.1, 0.15) is 19.4 Å². The smallest absolute Gasteiger partial charge is 0.0538 e. The molecule has 0 aliphatic rings. The molecule has 1 atom stereocenters. The van der Waals surface area contributed by atoms with Gasteiger partial charge in [-0.1, -0.05) is 62.4 Å². The second kappa shape index (κ2) is 5.49. The summed E-state index contributed by atoms with van der Waals surface area (Å²) in [6, 6.07) is 19.9. The molecule has 0 fully saturated rings. The quantitative estimate of drug-likeness (QED) is 0.816. The van der Waals surface area contributed by atoms with Gasteiger partial charge in [0.15, 0.2) is 0 Å². The maximum atomic E-state index is 12.3. The van der Waals surface area contributed by atoms with Gasteiger partial charge >= 0.3 is 0 Å². The molecule has 0 aliphatic carbocycles. The summed E-state index contributed by atoms with van der Waals surface area (Å²) in [5, 5.41) is 0. The molecule has 0 saturated heterocycles. The minimum atomic E-state index is -0.953. The highest BCUT2D eigenvalue weighted by Gasteiger charge is 2.23. The molecule has 2 heteroatoms.